The minimum atomic E-state index is 0.0925. The van der Waals surface area contributed by atoms with Gasteiger partial charge in [-0.2, -0.15) is 0 Å². The highest BCUT2D eigenvalue weighted by Crippen LogP contribution is 2.31. The third kappa shape index (κ3) is 5.29. The minimum absolute atomic E-state index is 0.0925. The molecule has 0 spiro atoms. The molecule has 2 saturated heterocycles. The van der Waals surface area contributed by atoms with E-state index in [-0.39, 0.29) is 11.6 Å². The number of hydrogen-bond acceptors (Lipinski definition) is 4. The van der Waals surface area contributed by atoms with Gasteiger partial charge in [0.15, 0.2) is 5.96 Å². The maximum Gasteiger partial charge on any atom is 0.191 e. The molecule has 1 aromatic heterocycles. The van der Waals surface area contributed by atoms with Crippen LogP contribution in [-0.2, 0) is 0 Å². The van der Waals surface area contributed by atoms with Gasteiger partial charge in [-0.15, -0.1) is 0 Å². The van der Waals surface area contributed by atoms with E-state index in [1.807, 2.05) is 19.1 Å². The lowest BCUT2D eigenvalue weighted by atomic mass is 9.84. The molecule has 2 aliphatic rings. The summed E-state index contributed by atoms with van der Waals surface area (Å²) in [5.41, 5.74) is 0.208. The molecule has 6 heteroatoms. The first-order valence-electron chi connectivity index (χ1n) is 11.1. The first-order chi connectivity index (χ1) is 13.5. The summed E-state index contributed by atoms with van der Waals surface area (Å²) in [7, 11) is 2.24. The van der Waals surface area contributed by atoms with Crippen LogP contribution in [0.2, 0.25) is 0 Å². The second-order valence-corrected chi connectivity index (χ2v) is 8.58. The van der Waals surface area contributed by atoms with Gasteiger partial charge in [0.1, 0.15) is 11.5 Å². The average Bonchev–Trinajstić information content (AvgIpc) is 3.15. The lowest BCUT2D eigenvalue weighted by Crippen LogP contribution is -2.58. The third-order valence-electron chi connectivity index (χ3n) is 6.36. The van der Waals surface area contributed by atoms with E-state index in [0.717, 1.165) is 43.7 Å². The first-order valence-corrected chi connectivity index (χ1v) is 11.1. The van der Waals surface area contributed by atoms with Crippen molar-refractivity contribution in [2.24, 2.45) is 4.99 Å². The Balaban J connectivity index is 1.72. The van der Waals surface area contributed by atoms with Gasteiger partial charge >= 0.3 is 0 Å². The predicted molar refractivity (Wildman–Crippen MR) is 116 cm³/mol. The summed E-state index contributed by atoms with van der Waals surface area (Å²) in [4.78, 5) is 10.3. The van der Waals surface area contributed by atoms with Crippen molar-refractivity contribution in [2.75, 3.05) is 46.3 Å². The monoisotopic (exact) mass is 389 g/mol. The minimum Gasteiger partial charge on any atom is -0.464 e. The number of aryl methyl sites for hydroxylation is 1. The van der Waals surface area contributed by atoms with E-state index in [1.54, 1.807) is 0 Å². The van der Waals surface area contributed by atoms with Crippen molar-refractivity contribution in [3.63, 3.8) is 0 Å². The number of nitrogens with zero attached hydrogens (tertiary/aromatic N) is 3. The van der Waals surface area contributed by atoms with Crippen LogP contribution in [0, 0.1) is 6.92 Å². The van der Waals surface area contributed by atoms with Gasteiger partial charge in [0.2, 0.25) is 0 Å². The number of likely N-dealkylation sites (tertiary alicyclic amines) is 2. The van der Waals surface area contributed by atoms with E-state index >= 15 is 0 Å². The molecule has 0 aromatic carbocycles. The highest BCUT2D eigenvalue weighted by atomic mass is 16.3. The number of nitrogens with one attached hydrogen (secondary N) is 2. The molecule has 0 saturated carbocycles. The van der Waals surface area contributed by atoms with E-state index in [1.165, 1.54) is 45.2 Å². The summed E-state index contributed by atoms with van der Waals surface area (Å²) >= 11 is 0. The van der Waals surface area contributed by atoms with Gasteiger partial charge in [0.05, 0.1) is 12.6 Å². The van der Waals surface area contributed by atoms with Crippen LogP contribution in [0.1, 0.15) is 63.5 Å². The molecular formula is C22H39N5O. The van der Waals surface area contributed by atoms with Gasteiger partial charge in [-0.3, -0.25) is 9.89 Å². The van der Waals surface area contributed by atoms with Gasteiger partial charge in [-0.05, 0) is 91.8 Å². The van der Waals surface area contributed by atoms with Gasteiger partial charge in [-0.25, -0.2) is 0 Å². The molecule has 0 radical (unpaired) electrons. The normalized spacial score (nSPS) is 22.8. The Hall–Kier alpha value is -1.53. The molecule has 3 rings (SSSR count). The van der Waals surface area contributed by atoms with Crippen molar-refractivity contribution in [1.29, 1.82) is 0 Å². The molecule has 2 aliphatic heterocycles. The maximum atomic E-state index is 5.79. The number of hydrogen-bond donors (Lipinski definition) is 2. The smallest absolute Gasteiger partial charge is 0.191 e. The molecule has 28 heavy (non-hydrogen) atoms. The van der Waals surface area contributed by atoms with Gasteiger partial charge < -0.3 is 20.0 Å². The lowest BCUT2D eigenvalue weighted by Gasteiger charge is -2.49. The van der Waals surface area contributed by atoms with Gasteiger partial charge in [-0.1, -0.05) is 6.42 Å². The second-order valence-electron chi connectivity index (χ2n) is 8.58. The Morgan fingerprint density at radius 3 is 2.50 bits per heavy atom. The van der Waals surface area contributed by atoms with Gasteiger partial charge in [0.25, 0.3) is 0 Å². The predicted octanol–water partition coefficient (Wildman–Crippen LogP) is 3.15. The Bertz CT molecular complexity index is 627. The first kappa shape index (κ1) is 21.2. The summed E-state index contributed by atoms with van der Waals surface area (Å²) in [5, 5.41) is 6.96. The van der Waals surface area contributed by atoms with Crippen LogP contribution in [0.25, 0.3) is 0 Å². The third-order valence-corrected chi connectivity index (χ3v) is 6.36. The van der Waals surface area contributed by atoms with E-state index in [4.69, 9.17) is 9.41 Å². The average molecular weight is 390 g/mol. The Kier molecular flexibility index (Phi) is 7.41. The molecule has 0 bridgehead atoms. The van der Waals surface area contributed by atoms with E-state index < -0.39 is 0 Å². The maximum absolute atomic E-state index is 5.79. The van der Waals surface area contributed by atoms with Crippen LogP contribution in [0.5, 0.6) is 0 Å². The molecule has 158 valence electrons. The molecule has 3 heterocycles. The Morgan fingerprint density at radius 1 is 1.18 bits per heavy atom. The van der Waals surface area contributed by atoms with Crippen molar-refractivity contribution >= 4 is 5.96 Å². The highest BCUT2D eigenvalue weighted by molar-refractivity contribution is 5.80. The van der Waals surface area contributed by atoms with Crippen LogP contribution in [0.3, 0.4) is 0 Å². The number of guanidine groups is 1. The Labute approximate surface area is 170 Å². The molecule has 0 amide bonds. The quantitative estimate of drug-likeness (QED) is 0.578. The van der Waals surface area contributed by atoms with Crippen molar-refractivity contribution < 1.29 is 4.42 Å². The molecule has 6 nitrogen and oxygen atoms in total. The summed E-state index contributed by atoms with van der Waals surface area (Å²) < 4.78 is 5.79. The molecule has 1 atom stereocenters. The SMILES string of the molecule is CCNC(=NCC1(N2CCCCC2)CCN(C)CC1)NC(C)c1ccc(C)o1. The van der Waals surface area contributed by atoms with Crippen molar-refractivity contribution in [2.45, 2.75) is 64.5 Å². The zero-order chi connectivity index (χ0) is 20.0. The molecule has 1 aromatic rings. The number of rotatable bonds is 6. The summed E-state index contributed by atoms with van der Waals surface area (Å²) in [6.45, 7) is 12.7. The van der Waals surface area contributed by atoms with E-state index in [9.17, 15) is 0 Å². The summed E-state index contributed by atoms with van der Waals surface area (Å²) in [5.74, 6) is 2.79. The van der Waals surface area contributed by atoms with Crippen molar-refractivity contribution in [3.05, 3.63) is 23.7 Å². The van der Waals surface area contributed by atoms with Crippen LogP contribution in [0.15, 0.2) is 21.5 Å². The zero-order valence-corrected chi connectivity index (χ0v) is 18.3. The number of aliphatic imine (C=N–C) groups is 1. The van der Waals surface area contributed by atoms with Crippen LogP contribution < -0.4 is 10.6 Å². The molecule has 0 aliphatic carbocycles. The fourth-order valence-electron chi connectivity index (χ4n) is 4.49. The summed E-state index contributed by atoms with van der Waals surface area (Å²) in [6, 6.07) is 4.15. The van der Waals surface area contributed by atoms with Crippen molar-refractivity contribution in [3.8, 4) is 0 Å². The second kappa shape index (κ2) is 9.79. The lowest BCUT2D eigenvalue weighted by molar-refractivity contribution is 0.0208. The van der Waals surface area contributed by atoms with Crippen LogP contribution in [0.4, 0.5) is 0 Å². The van der Waals surface area contributed by atoms with Crippen LogP contribution >= 0.6 is 0 Å². The fraction of sp³-hybridized carbons (Fsp3) is 0.773. The standard InChI is InChI=1S/C22H39N5O/c1-5-23-21(25-19(3)20-10-9-18(2)28-20)24-17-22(11-15-26(4)16-12-22)27-13-7-6-8-14-27/h9-10,19H,5-8,11-17H2,1-4H3,(H2,23,24,25). The van der Waals surface area contributed by atoms with E-state index in [0.29, 0.717) is 0 Å². The molecule has 2 N–H and O–H groups in total. The highest BCUT2D eigenvalue weighted by Gasteiger charge is 2.39. The number of furan rings is 1. The Morgan fingerprint density at radius 2 is 1.89 bits per heavy atom. The zero-order valence-electron chi connectivity index (χ0n) is 18.3. The topological polar surface area (TPSA) is 56.0 Å². The largest absolute Gasteiger partial charge is 0.464 e. The summed E-state index contributed by atoms with van der Waals surface area (Å²) in [6.07, 6.45) is 6.45. The number of piperidine rings is 2. The van der Waals surface area contributed by atoms with Crippen molar-refractivity contribution in [1.82, 2.24) is 20.4 Å². The molecular weight excluding hydrogens is 350 g/mol. The van der Waals surface area contributed by atoms with Gasteiger partial charge in [0, 0.05) is 12.1 Å². The van der Waals surface area contributed by atoms with E-state index in [2.05, 4.69) is 41.3 Å². The molecule has 1 unspecified atom stereocenters. The van der Waals surface area contributed by atoms with Crippen LogP contribution in [-0.4, -0.2) is 67.6 Å². The molecule has 2 fully saturated rings. The fourth-order valence-corrected chi connectivity index (χ4v) is 4.49.